The lowest BCUT2D eigenvalue weighted by atomic mass is 9.98. The highest BCUT2D eigenvalue weighted by atomic mass is 16.5. The van der Waals surface area contributed by atoms with Crippen LogP contribution in [0, 0.1) is 6.92 Å². The van der Waals surface area contributed by atoms with Gasteiger partial charge in [-0.3, -0.25) is 0 Å². The molecule has 2 fully saturated rings. The molecule has 1 aliphatic carbocycles. The second-order valence-corrected chi connectivity index (χ2v) is 6.71. The zero-order chi connectivity index (χ0) is 14.0. The van der Waals surface area contributed by atoms with E-state index < -0.39 is 0 Å². The average molecular weight is 273 g/mol. The summed E-state index contributed by atoms with van der Waals surface area (Å²) in [5.41, 5.74) is 2.95. The minimum Gasteiger partial charge on any atom is -0.370 e. The lowest BCUT2D eigenvalue weighted by Crippen LogP contribution is -2.32. The van der Waals surface area contributed by atoms with Crippen LogP contribution in [-0.4, -0.2) is 18.2 Å². The number of rotatable bonds is 4. The molecule has 110 valence electrons. The van der Waals surface area contributed by atoms with Gasteiger partial charge in [-0.2, -0.15) is 0 Å². The van der Waals surface area contributed by atoms with Gasteiger partial charge in [-0.1, -0.05) is 42.7 Å². The van der Waals surface area contributed by atoms with Crippen LogP contribution in [0.15, 0.2) is 24.3 Å². The minimum absolute atomic E-state index is 0.263. The lowest BCUT2D eigenvalue weighted by molar-refractivity contribution is -0.0357. The van der Waals surface area contributed by atoms with Crippen LogP contribution in [0.2, 0.25) is 0 Å². The van der Waals surface area contributed by atoms with Crippen LogP contribution in [0.3, 0.4) is 0 Å². The van der Waals surface area contributed by atoms with E-state index in [1.807, 2.05) is 0 Å². The lowest BCUT2D eigenvalue weighted by Gasteiger charge is -2.24. The third-order valence-corrected chi connectivity index (χ3v) is 5.08. The summed E-state index contributed by atoms with van der Waals surface area (Å²) in [6.45, 7) is 5.36. The van der Waals surface area contributed by atoms with Gasteiger partial charge in [-0.25, -0.2) is 0 Å². The number of ether oxygens (including phenoxy) is 1. The van der Waals surface area contributed by atoms with Crippen molar-refractivity contribution in [1.29, 1.82) is 0 Å². The number of nitrogens with one attached hydrogen (secondary N) is 1. The summed E-state index contributed by atoms with van der Waals surface area (Å²) in [7, 11) is 0. The molecule has 0 radical (unpaired) electrons. The van der Waals surface area contributed by atoms with Gasteiger partial charge in [-0.15, -0.1) is 0 Å². The van der Waals surface area contributed by atoms with Crippen molar-refractivity contribution in [1.82, 2.24) is 5.32 Å². The summed E-state index contributed by atoms with van der Waals surface area (Å²) in [4.78, 5) is 0. The van der Waals surface area contributed by atoms with E-state index in [0.717, 1.165) is 6.54 Å². The third-order valence-electron chi connectivity index (χ3n) is 5.08. The van der Waals surface area contributed by atoms with E-state index in [4.69, 9.17) is 4.74 Å². The van der Waals surface area contributed by atoms with Crippen LogP contribution >= 0.6 is 0 Å². The fraction of sp³-hybridized carbons (Fsp3) is 0.667. The Morgan fingerprint density at radius 1 is 1.20 bits per heavy atom. The van der Waals surface area contributed by atoms with Gasteiger partial charge in [0.15, 0.2) is 0 Å². The summed E-state index contributed by atoms with van der Waals surface area (Å²) in [6.07, 6.45) is 8.22. The van der Waals surface area contributed by atoms with Crippen molar-refractivity contribution < 1.29 is 4.74 Å². The molecule has 2 aliphatic rings. The SMILES string of the molecule is Cc1ccc([C@H](C)NCC2CCC3(CCCC3)O2)cc1. The molecule has 3 rings (SSSR count). The molecule has 1 saturated carbocycles. The molecule has 2 atom stereocenters. The number of hydrogen-bond acceptors (Lipinski definition) is 2. The molecule has 1 N–H and O–H groups in total. The van der Waals surface area contributed by atoms with Crippen LogP contribution < -0.4 is 5.32 Å². The second kappa shape index (κ2) is 5.87. The first-order valence-electron chi connectivity index (χ1n) is 8.15. The van der Waals surface area contributed by atoms with Crippen LogP contribution in [0.1, 0.15) is 62.6 Å². The molecule has 1 heterocycles. The van der Waals surface area contributed by atoms with Crippen molar-refractivity contribution in [3.8, 4) is 0 Å². The van der Waals surface area contributed by atoms with Gasteiger partial charge in [-0.05, 0) is 45.1 Å². The van der Waals surface area contributed by atoms with Gasteiger partial charge in [0, 0.05) is 12.6 Å². The number of benzene rings is 1. The molecule has 1 spiro atoms. The number of aryl methyl sites for hydroxylation is 1. The first kappa shape index (κ1) is 14.1. The highest BCUT2D eigenvalue weighted by molar-refractivity contribution is 5.23. The van der Waals surface area contributed by atoms with Crippen molar-refractivity contribution >= 4 is 0 Å². The van der Waals surface area contributed by atoms with Gasteiger partial charge >= 0.3 is 0 Å². The Hall–Kier alpha value is -0.860. The quantitative estimate of drug-likeness (QED) is 0.890. The normalized spacial score (nSPS) is 26.2. The third kappa shape index (κ3) is 3.07. The Bertz CT molecular complexity index is 433. The number of hydrogen-bond donors (Lipinski definition) is 1. The Kier molecular flexibility index (Phi) is 4.13. The fourth-order valence-corrected chi connectivity index (χ4v) is 3.71. The molecule has 1 saturated heterocycles. The molecule has 1 aromatic carbocycles. The second-order valence-electron chi connectivity index (χ2n) is 6.71. The highest BCUT2D eigenvalue weighted by Gasteiger charge is 2.41. The molecular weight excluding hydrogens is 246 g/mol. The van der Waals surface area contributed by atoms with Crippen LogP contribution in [-0.2, 0) is 4.74 Å². The largest absolute Gasteiger partial charge is 0.370 e. The van der Waals surface area contributed by atoms with Crippen molar-refractivity contribution in [3.05, 3.63) is 35.4 Å². The Morgan fingerprint density at radius 3 is 2.60 bits per heavy atom. The zero-order valence-electron chi connectivity index (χ0n) is 12.8. The van der Waals surface area contributed by atoms with Crippen molar-refractivity contribution in [2.24, 2.45) is 0 Å². The Labute approximate surface area is 122 Å². The predicted octanol–water partition coefficient (Wildman–Crippen LogP) is 4.14. The topological polar surface area (TPSA) is 21.3 Å². The molecule has 0 bridgehead atoms. The van der Waals surface area contributed by atoms with E-state index in [0.29, 0.717) is 12.1 Å². The zero-order valence-corrected chi connectivity index (χ0v) is 12.8. The minimum atomic E-state index is 0.263. The van der Waals surface area contributed by atoms with E-state index in [-0.39, 0.29) is 5.60 Å². The molecule has 2 heteroatoms. The van der Waals surface area contributed by atoms with E-state index in [2.05, 4.69) is 43.4 Å². The molecule has 1 unspecified atom stereocenters. The molecule has 20 heavy (non-hydrogen) atoms. The van der Waals surface area contributed by atoms with Crippen LogP contribution in [0.25, 0.3) is 0 Å². The predicted molar refractivity (Wildman–Crippen MR) is 82.9 cm³/mol. The molecule has 0 amide bonds. The summed E-state index contributed by atoms with van der Waals surface area (Å²) in [5.74, 6) is 0. The van der Waals surface area contributed by atoms with Gasteiger partial charge in [0.1, 0.15) is 0 Å². The van der Waals surface area contributed by atoms with Gasteiger partial charge in [0.05, 0.1) is 11.7 Å². The first-order chi connectivity index (χ1) is 9.67. The van der Waals surface area contributed by atoms with E-state index in [1.54, 1.807) is 0 Å². The van der Waals surface area contributed by atoms with Crippen molar-refractivity contribution in [3.63, 3.8) is 0 Å². The van der Waals surface area contributed by atoms with Gasteiger partial charge in [0.25, 0.3) is 0 Å². The standard InChI is InChI=1S/C18H27NO/c1-14-5-7-16(8-6-14)15(2)19-13-17-9-12-18(20-17)10-3-4-11-18/h5-8,15,17,19H,3-4,9-13H2,1-2H3/t15-,17?/m0/s1. The maximum absolute atomic E-state index is 6.35. The van der Waals surface area contributed by atoms with E-state index in [9.17, 15) is 0 Å². The maximum Gasteiger partial charge on any atom is 0.0708 e. The van der Waals surface area contributed by atoms with Gasteiger partial charge in [0.2, 0.25) is 0 Å². The Balaban J connectivity index is 1.49. The Morgan fingerprint density at radius 2 is 1.90 bits per heavy atom. The average Bonchev–Trinajstić information content (AvgIpc) is 3.08. The van der Waals surface area contributed by atoms with Crippen LogP contribution in [0.4, 0.5) is 0 Å². The fourth-order valence-electron chi connectivity index (χ4n) is 3.71. The van der Waals surface area contributed by atoms with E-state index in [1.165, 1.54) is 49.7 Å². The molecular formula is C18H27NO. The smallest absolute Gasteiger partial charge is 0.0708 e. The first-order valence-corrected chi connectivity index (χ1v) is 8.15. The van der Waals surface area contributed by atoms with E-state index >= 15 is 0 Å². The van der Waals surface area contributed by atoms with Gasteiger partial charge < -0.3 is 10.1 Å². The monoisotopic (exact) mass is 273 g/mol. The molecule has 2 nitrogen and oxygen atoms in total. The van der Waals surface area contributed by atoms with Crippen molar-refractivity contribution in [2.75, 3.05) is 6.54 Å². The molecule has 1 aliphatic heterocycles. The maximum atomic E-state index is 6.35. The summed E-state index contributed by atoms with van der Waals surface area (Å²) >= 11 is 0. The van der Waals surface area contributed by atoms with Crippen LogP contribution in [0.5, 0.6) is 0 Å². The summed E-state index contributed by atoms with van der Waals surface area (Å²) in [6, 6.07) is 9.22. The summed E-state index contributed by atoms with van der Waals surface area (Å²) in [5, 5.41) is 3.64. The summed E-state index contributed by atoms with van der Waals surface area (Å²) < 4.78 is 6.35. The molecule has 0 aromatic heterocycles. The van der Waals surface area contributed by atoms with Crippen molar-refractivity contribution in [2.45, 2.75) is 70.1 Å². The highest BCUT2D eigenvalue weighted by Crippen LogP contribution is 2.43. The molecule has 1 aromatic rings.